The minimum atomic E-state index is -0.533. The Kier molecular flexibility index (Phi) is 4.37. The SMILES string of the molecule is N[C@H]1CCN(c2ccc(N3C[C@H](COc4ccon4)OC3=O)cc2F)C1. The summed E-state index contributed by atoms with van der Waals surface area (Å²) in [6.07, 6.45) is 1.22. The van der Waals surface area contributed by atoms with Crippen molar-refractivity contribution in [3.05, 3.63) is 36.3 Å². The van der Waals surface area contributed by atoms with Crippen molar-refractivity contribution in [1.29, 1.82) is 0 Å². The first-order chi connectivity index (χ1) is 12.6. The molecule has 2 saturated heterocycles. The number of hydrogen-bond acceptors (Lipinski definition) is 7. The molecule has 2 fully saturated rings. The number of rotatable bonds is 5. The third-order valence-electron chi connectivity index (χ3n) is 4.51. The first kappa shape index (κ1) is 16.6. The minimum Gasteiger partial charge on any atom is -0.471 e. The predicted molar refractivity (Wildman–Crippen MR) is 90.8 cm³/mol. The molecule has 4 rings (SSSR count). The van der Waals surface area contributed by atoms with E-state index in [0.29, 0.717) is 23.8 Å². The third-order valence-corrected chi connectivity index (χ3v) is 4.51. The van der Waals surface area contributed by atoms with Crippen molar-refractivity contribution in [2.24, 2.45) is 5.73 Å². The van der Waals surface area contributed by atoms with Crippen molar-refractivity contribution in [1.82, 2.24) is 5.16 Å². The van der Waals surface area contributed by atoms with Gasteiger partial charge in [-0.15, -0.1) is 0 Å². The lowest BCUT2D eigenvalue weighted by Gasteiger charge is -2.20. The van der Waals surface area contributed by atoms with Crippen LogP contribution in [0, 0.1) is 5.82 Å². The van der Waals surface area contributed by atoms with Crippen LogP contribution in [0.5, 0.6) is 5.88 Å². The number of ether oxygens (including phenoxy) is 2. The second-order valence-electron chi connectivity index (χ2n) is 6.40. The maximum absolute atomic E-state index is 14.5. The molecule has 138 valence electrons. The minimum absolute atomic E-state index is 0.0631. The van der Waals surface area contributed by atoms with Crippen molar-refractivity contribution in [2.45, 2.75) is 18.6 Å². The second kappa shape index (κ2) is 6.83. The number of amides is 1. The standard InChI is InChI=1S/C17H19FN4O4/c18-14-7-12(1-2-15(14)21-5-3-11(19)8-21)22-9-13(26-17(22)23)10-24-16-4-6-25-20-16/h1-2,4,6-7,11,13H,3,5,8-10,19H2/t11-,13+/m0/s1. The lowest BCUT2D eigenvalue weighted by Crippen LogP contribution is -2.28. The zero-order valence-corrected chi connectivity index (χ0v) is 14.0. The van der Waals surface area contributed by atoms with Gasteiger partial charge in [-0.2, -0.15) is 0 Å². The van der Waals surface area contributed by atoms with E-state index in [-0.39, 0.29) is 25.0 Å². The van der Waals surface area contributed by atoms with Crippen LogP contribution < -0.4 is 20.3 Å². The van der Waals surface area contributed by atoms with E-state index in [4.69, 9.17) is 15.2 Å². The highest BCUT2D eigenvalue weighted by atomic mass is 19.1. The van der Waals surface area contributed by atoms with Gasteiger partial charge in [-0.05, 0) is 29.8 Å². The number of nitrogens with two attached hydrogens (primary N) is 1. The van der Waals surface area contributed by atoms with Gasteiger partial charge in [0.15, 0.2) is 6.10 Å². The fourth-order valence-electron chi connectivity index (χ4n) is 3.20. The first-order valence-corrected chi connectivity index (χ1v) is 8.41. The zero-order valence-electron chi connectivity index (χ0n) is 14.0. The number of benzene rings is 1. The fraction of sp³-hybridized carbons (Fsp3) is 0.412. The third kappa shape index (κ3) is 3.30. The van der Waals surface area contributed by atoms with Crippen LogP contribution in [0.3, 0.4) is 0 Å². The number of carbonyl (C=O) groups is 1. The van der Waals surface area contributed by atoms with Gasteiger partial charge in [-0.3, -0.25) is 4.90 Å². The number of hydrogen-bond donors (Lipinski definition) is 1. The van der Waals surface area contributed by atoms with E-state index in [1.54, 1.807) is 18.2 Å². The molecule has 0 aliphatic carbocycles. The Balaban J connectivity index is 1.42. The molecular formula is C17H19FN4O4. The smallest absolute Gasteiger partial charge is 0.414 e. The van der Waals surface area contributed by atoms with Crippen LogP contribution in [-0.4, -0.2) is 49.6 Å². The number of anilines is 2. The quantitative estimate of drug-likeness (QED) is 0.866. The summed E-state index contributed by atoms with van der Waals surface area (Å²) < 4.78 is 29.9. The van der Waals surface area contributed by atoms with E-state index in [2.05, 4.69) is 9.68 Å². The summed E-state index contributed by atoms with van der Waals surface area (Å²) in [6, 6.07) is 6.36. The highest BCUT2D eigenvalue weighted by Gasteiger charge is 2.33. The molecule has 2 aliphatic heterocycles. The van der Waals surface area contributed by atoms with Gasteiger partial charge in [0.1, 0.15) is 18.7 Å². The van der Waals surface area contributed by atoms with E-state index < -0.39 is 12.2 Å². The van der Waals surface area contributed by atoms with Gasteiger partial charge in [0.05, 0.1) is 17.9 Å². The number of nitrogens with zero attached hydrogens (tertiary/aromatic N) is 3. The molecule has 1 amide bonds. The lowest BCUT2D eigenvalue weighted by molar-refractivity contribution is 0.102. The van der Waals surface area contributed by atoms with Crippen molar-refractivity contribution < 1.29 is 23.2 Å². The topological polar surface area (TPSA) is 94.1 Å². The largest absolute Gasteiger partial charge is 0.471 e. The normalized spacial score (nSPS) is 22.8. The molecule has 0 unspecified atom stereocenters. The highest BCUT2D eigenvalue weighted by molar-refractivity contribution is 5.90. The molecule has 3 heterocycles. The van der Waals surface area contributed by atoms with Crippen molar-refractivity contribution in [3.8, 4) is 5.88 Å². The lowest BCUT2D eigenvalue weighted by atomic mass is 10.2. The van der Waals surface area contributed by atoms with Gasteiger partial charge in [0.2, 0.25) is 0 Å². The van der Waals surface area contributed by atoms with Crippen LogP contribution in [0.25, 0.3) is 0 Å². The van der Waals surface area contributed by atoms with Gasteiger partial charge in [-0.25, -0.2) is 9.18 Å². The molecule has 0 radical (unpaired) electrons. The second-order valence-corrected chi connectivity index (χ2v) is 6.40. The average molecular weight is 362 g/mol. The molecule has 2 aromatic rings. The van der Waals surface area contributed by atoms with Gasteiger partial charge < -0.3 is 24.6 Å². The maximum atomic E-state index is 14.5. The molecule has 2 aliphatic rings. The van der Waals surface area contributed by atoms with E-state index >= 15 is 0 Å². The Labute approximate surface area is 149 Å². The number of cyclic esters (lactones) is 1. The van der Waals surface area contributed by atoms with E-state index in [1.165, 1.54) is 17.2 Å². The summed E-state index contributed by atoms with van der Waals surface area (Å²) in [7, 11) is 0. The fourth-order valence-corrected chi connectivity index (χ4v) is 3.20. The highest BCUT2D eigenvalue weighted by Crippen LogP contribution is 2.29. The summed E-state index contributed by atoms with van der Waals surface area (Å²) in [4.78, 5) is 15.4. The molecule has 8 nitrogen and oxygen atoms in total. The van der Waals surface area contributed by atoms with Crippen LogP contribution in [0.1, 0.15) is 6.42 Å². The van der Waals surface area contributed by atoms with E-state index in [9.17, 15) is 9.18 Å². The van der Waals surface area contributed by atoms with Crippen molar-refractivity contribution in [2.75, 3.05) is 36.0 Å². The molecule has 26 heavy (non-hydrogen) atoms. The molecule has 1 aromatic heterocycles. The Hall–Kier alpha value is -2.81. The van der Waals surface area contributed by atoms with Gasteiger partial charge >= 0.3 is 6.09 Å². The number of aromatic nitrogens is 1. The summed E-state index contributed by atoms with van der Waals surface area (Å²) in [5.74, 6) is -0.0644. The van der Waals surface area contributed by atoms with Gasteiger partial charge in [0.25, 0.3) is 5.88 Å². The molecule has 2 N–H and O–H groups in total. The summed E-state index contributed by atoms with van der Waals surface area (Å²) in [5.41, 5.74) is 6.83. The zero-order chi connectivity index (χ0) is 18.1. The van der Waals surface area contributed by atoms with Crippen LogP contribution in [-0.2, 0) is 4.74 Å². The van der Waals surface area contributed by atoms with Crippen molar-refractivity contribution in [3.63, 3.8) is 0 Å². The number of carbonyl (C=O) groups excluding carboxylic acids is 1. The van der Waals surface area contributed by atoms with E-state index in [0.717, 1.165) is 13.0 Å². The Morgan fingerprint density at radius 2 is 2.23 bits per heavy atom. The van der Waals surface area contributed by atoms with Gasteiger partial charge in [-0.1, -0.05) is 0 Å². The van der Waals surface area contributed by atoms with Crippen LogP contribution in [0.2, 0.25) is 0 Å². The molecule has 9 heteroatoms. The molecule has 0 saturated carbocycles. The van der Waals surface area contributed by atoms with Gasteiger partial charge in [0, 0.05) is 25.2 Å². The summed E-state index contributed by atoms with van der Waals surface area (Å²) in [6.45, 7) is 1.76. The molecule has 0 bridgehead atoms. The first-order valence-electron chi connectivity index (χ1n) is 8.41. The molecular weight excluding hydrogens is 343 g/mol. The predicted octanol–water partition coefficient (Wildman–Crippen LogP) is 1.76. The van der Waals surface area contributed by atoms with Crippen molar-refractivity contribution >= 4 is 17.5 Å². The Bertz CT molecular complexity index is 785. The summed E-state index contributed by atoms with van der Waals surface area (Å²) >= 11 is 0. The van der Waals surface area contributed by atoms with Crippen LogP contribution in [0.15, 0.2) is 35.1 Å². The number of halogens is 1. The molecule has 2 atom stereocenters. The van der Waals surface area contributed by atoms with Crippen LogP contribution in [0.4, 0.5) is 20.6 Å². The maximum Gasteiger partial charge on any atom is 0.414 e. The molecule has 0 spiro atoms. The monoisotopic (exact) mass is 362 g/mol. The van der Waals surface area contributed by atoms with E-state index in [1.807, 2.05) is 4.90 Å². The van der Waals surface area contributed by atoms with Crippen LogP contribution >= 0.6 is 0 Å². The Morgan fingerprint density at radius 1 is 1.35 bits per heavy atom. The molecule has 1 aromatic carbocycles. The summed E-state index contributed by atoms with van der Waals surface area (Å²) in [5, 5.41) is 3.62. The Morgan fingerprint density at radius 3 is 2.92 bits per heavy atom. The average Bonchev–Trinajstić information content (AvgIpc) is 3.34.